The molecule has 1 amide bonds. The van der Waals surface area contributed by atoms with E-state index in [1.54, 1.807) is 11.8 Å². The lowest BCUT2D eigenvalue weighted by Crippen LogP contribution is -2.49. The van der Waals surface area contributed by atoms with E-state index in [0.29, 0.717) is 13.2 Å². The summed E-state index contributed by atoms with van der Waals surface area (Å²) in [5.74, 6) is 0.998. The fourth-order valence-electron chi connectivity index (χ4n) is 2.90. The van der Waals surface area contributed by atoms with Gasteiger partial charge in [0.25, 0.3) is 0 Å². The van der Waals surface area contributed by atoms with Gasteiger partial charge in [-0.1, -0.05) is 0 Å². The van der Waals surface area contributed by atoms with Crippen molar-refractivity contribution in [2.45, 2.75) is 44.3 Å². The average molecular weight is 285 g/mol. The number of hydrogen-bond acceptors (Lipinski definition) is 4. The highest BCUT2D eigenvalue weighted by atomic mass is 32.2. The highest BCUT2D eigenvalue weighted by Crippen LogP contribution is 2.39. The number of esters is 1. The van der Waals surface area contributed by atoms with E-state index < -0.39 is 0 Å². The van der Waals surface area contributed by atoms with Crippen molar-refractivity contribution in [2.75, 3.05) is 25.4 Å². The first-order valence-electron chi connectivity index (χ1n) is 7.17. The fraction of sp³-hybridized carbons (Fsp3) is 0.857. The van der Waals surface area contributed by atoms with Crippen molar-refractivity contribution >= 4 is 23.6 Å². The molecule has 0 aromatic heterocycles. The van der Waals surface area contributed by atoms with Gasteiger partial charge >= 0.3 is 5.97 Å². The van der Waals surface area contributed by atoms with E-state index in [9.17, 15) is 9.59 Å². The van der Waals surface area contributed by atoms with E-state index in [1.807, 2.05) is 18.7 Å². The predicted molar refractivity (Wildman–Crippen MR) is 76.0 cm³/mol. The first-order chi connectivity index (χ1) is 9.07. The van der Waals surface area contributed by atoms with E-state index in [1.165, 1.54) is 0 Å². The third-order valence-electron chi connectivity index (χ3n) is 4.00. The molecule has 0 N–H and O–H groups in total. The summed E-state index contributed by atoms with van der Waals surface area (Å²) in [6, 6.07) is 0. The molecule has 2 aliphatic heterocycles. The van der Waals surface area contributed by atoms with Gasteiger partial charge < -0.3 is 9.64 Å². The SMILES string of the molecule is CCOC(=O)[C@@H]1CCCN(C(=O)C2(C)CCCS2)C1. The van der Waals surface area contributed by atoms with Crippen molar-refractivity contribution in [1.29, 1.82) is 0 Å². The van der Waals surface area contributed by atoms with Crippen molar-refractivity contribution in [3.8, 4) is 0 Å². The Morgan fingerprint density at radius 1 is 1.42 bits per heavy atom. The lowest BCUT2D eigenvalue weighted by atomic mass is 9.95. The quantitative estimate of drug-likeness (QED) is 0.745. The first-order valence-corrected chi connectivity index (χ1v) is 8.15. The molecule has 0 bridgehead atoms. The molecule has 0 aromatic carbocycles. The smallest absolute Gasteiger partial charge is 0.310 e. The molecule has 0 spiro atoms. The van der Waals surface area contributed by atoms with Crippen LogP contribution in [0.25, 0.3) is 0 Å². The zero-order chi connectivity index (χ0) is 13.9. The van der Waals surface area contributed by atoms with Crippen LogP contribution < -0.4 is 0 Å². The van der Waals surface area contributed by atoms with Crippen LogP contribution in [0.3, 0.4) is 0 Å². The standard InChI is InChI=1S/C14H23NO3S/c1-3-18-12(16)11-6-4-8-15(10-11)13(17)14(2)7-5-9-19-14/h11H,3-10H2,1-2H3/t11-,14?/m1/s1. The van der Waals surface area contributed by atoms with Gasteiger partial charge in [-0.05, 0) is 45.3 Å². The number of piperidine rings is 1. The normalized spacial score (nSPS) is 31.3. The molecule has 0 aromatic rings. The Hall–Kier alpha value is -0.710. The van der Waals surface area contributed by atoms with E-state index in [-0.39, 0.29) is 22.5 Å². The summed E-state index contributed by atoms with van der Waals surface area (Å²) in [6.07, 6.45) is 3.81. The predicted octanol–water partition coefficient (Wildman–Crippen LogP) is 2.07. The summed E-state index contributed by atoms with van der Waals surface area (Å²) in [6.45, 7) is 5.59. The molecular weight excluding hydrogens is 262 g/mol. The maximum absolute atomic E-state index is 12.6. The zero-order valence-corrected chi connectivity index (χ0v) is 12.6. The van der Waals surface area contributed by atoms with Gasteiger partial charge in [-0.3, -0.25) is 9.59 Å². The fourth-order valence-corrected chi connectivity index (χ4v) is 4.18. The molecule has 2 atom stereocenters. The number of nitrogens with zero attached hydrogens (tertiary/aromatic N) is 1. The zero-order valence-electron chi connectivity index (χ0n) is 11.8. The molecule has 2 saturated heterocycles. The number of carbonyl (C=O) groups excluding carboxylic acids is 2. The molecule has 108 valence electrons. The maximum Gasteiger partial charge on any atom is 0.310 e. The molecule has 0 saturated carbocycles. The van der Waals surface area contributed by atoms with Crippen LogP contribution in [-0.4, -0.2) is 47.0 Å². The Labute approximate surface area is 119 Å². The number of carbonyl (C=O) groups is 2. The van der Waals surface area contributed by atoms with Gasteiger partial charge in [0.15, 0.2) is 0 Å². The van der Waals surface area contributed by atoms with Crippen LogP contribution >= 0.6 is 11.8 Å². The summed E-state index contributed by atoms with van der Waals surface area (Å²) in [4.78, 5) is 26.3. The minimum Gasteiger partial charge on any atom is -0.466 e. The molecule has 2 heterocycles. The van der Waals surface area contributed by atoms with Crippen molar-refractivity contribution in [1.82, 2.24) is 4.90 Å². The number of hydrogen-bond donors (Lipinski definition) is 0. The van der Waals surface area contributed by atoms with Crippen LogP contribution in [0.1, 0.15) is 39.5 Å². The Balaban J connectivity index is 1.97. The minimum absolute atomic E-state index is 0.132. The second-order valence-electron chi connectivity index (χ2n) is 5.53. The topological polar surface area (TPSA) is 46.6 Å². The van der Waals surface area contributed by atoms with Gasteiger partial charge in [0, 0.05) is 13.1 Å². The van der Waals surface area contributed by atoms with Gasteiger partial charge in [0.1, 0.15) is 0 Å². The molecule has 5 heteroatoms. The molecule has 1 unspecified atom stereocenters. The highest BCUT2D eigenvalue weighted by molar-refractivity contribution is 8.01. The third-order valence-corrected chi connectivity index (χ3v) is 5.51. The second-order valence-corrected chi connectivity index (χ2v) is 7.12. The summed E-state index contributed by atoms with van der Waals surface area (Å²) in [7, 11) is 0. The van der Waals surface area contributed by atoms with Crippen molar-refractivity contribution in [3.05, 3.63) is 0 Å². The summed E-state index contributed by atoms with van der Waals surface area (Å²) in [5, 5.41) is 0. The summed E-state index contributed by atoms with van der Waals surface area (Å²) in [5.41, 5.74) is 0. The Bertz CT molecular complexity index is 353. The molecule has 2 rings (SSSR count). The maximum atomic E-state index is 12.6. The van der Waals surface area contributed by atoms with Crippen LogP contribution in [0.5, 0.6) is 0 Å². The van der Waals surface area contributed by atoms with E-state index in [0.717, 1.165) is 38.0 Å². The Morgan fingerprint density at radius 3 is 2.84 bits per heavy atom. The summed E-state index contributed by atoms with van der Waals surface area (Å²) >= 11 is 1.76. The van der Waals surface area contributed by atoms with Gasteiger partial charge in [-0.2, -0.15) is 0 Å². The monoisotopic (exact) mass is 285 g/mol. The molecule has 2 aliphatic rings. The van der Waals surface area contributed by atoms with Gasteiger partial charge in [0.05, 0.1) is 17.3 Å². The van der Waals surface area contributed by atoms with Gasteiger partial charge in [-0.15, -0.1) is 11.8 Å². The van der Waals surface area contributed by atoms with E-state index >= 15 is 0 Å². The molecule has 0 radical (unpaired) electrons. The number of rotatable bonds is 3. The van der Waals surface area contributed by atoms with Crippen LogP contribution in [-0.2, 0) is 14.3 Å². The highest BCUT2D eigenvalue weighted by Gasteiger charge is 2.42. The van der Waals surface area contributed by atoms with Crippen molar-refractivity contribution < 1.29 is 14.3 Å². The Morgan fingerprint density at radius 2 is 2.21 bits per heavy atom. The van der Waals surface area contributed by atoms with E-state index in [4.69, 9.17) is 4.74 Å². The second kappa shape index (κ2) is 6.16. The van der Waals surface area contributed by atoms with Crippen LogP contribution in [0, 0.1) is 5.92 Å². The van der Waals surface area contributed by atoms with Gasteiger partial charge in [-0.25, -0.2) is 0 Å². The summed E-state index contributed by atoms with van der Waals surface area (Å²) < 4.78 is 4.81. The van der Waals surface area contributed by atoms with Crippen molar-refractivity contribution in [2.24, 2.45) is 5.92 Å². The molecular formula is C14H23NO3S. The van der Waals surface area contributed by atoms with Crippen molar-refractivity contribution in [3.63, 3.8) is 0 Å². The number of thioether (sulfide) groups is 1. The van der Waals surface area contributed by atoms with Crippen LogP contribution in [0.4, 0.5) is 0 Å². The molecule has 0 aliphatic carbocycles. The lowest BCUT2D eigenvalue weighted by Gasteiger charge is -2.36. The molecule has 4 nitrogen and oxygen atoms in total. The average Bonchev–Trinajstić information content (AvgIpc) is 2.86. The van der Waals surface area contributed by atoms with Crippen LogP contribution in [0.2, 0.25) is 0 Å². The number of amides is 1. The molecule has 2 fully saturated rings. The van der Waals surface area contributed by atoms with E-state index in [2.05, 4.69) is 0 Å². The molecule has 19 heavy (non-hydrogen) atoms. The first kappa shape index (κ1) is 14.7. The number of ether oxygens (including phenoxy) is 1. The Kier molecular flexibility index (Phi) is 4.76. The van der Waals surface area contributed by atoms with Gasteiger partial charge in [0.2, 0.25) is 5.91 Å². The minimum atomic E-state index is -0.267. The largest absolute Gasteiger partial charge is 0.466 e. The lowest BCUT2D eigenvalue weighted by molar-refractivity contribution is -0.151. The number of likely N-dealkylation sites (tertiary alicyclic amines) is 1. The third kappa shape index (κ3) is 3.25. The van der Waals surface area contributed by atoms with Crippen LogP contribution in [0.15, 0.2) is 0 Å².